The number of hydrogen-bond acceptors (Lipinski definition) is 3. The summed E-state index contributed by atoms with van der Waals surface area (Å²) in [6.07, 6.45) is 1.80. The quantitative estimate of drug-likeness (QED) is 0.813. The fourth-order valence-corrected chi connectivity index (χ4v) is 2.64. The minimum absolute atomic E-state index is 0.0117. The average molecular weight is 290 g/mol. The van der Waals surface area contributed by atoms with Crippen LogP contribution in [0.2, 0.25) is 0 Å². The normalized spacial score (nSPS) is 18.1. The first-order chi connectivity index (χ1) is 10.2. The van der Waals surface area contributed by atoms with Gasteiger partial charge in [-0.25, -0.2) is 4.39 Å². The number of nitrogens with one attached hydrogen (secondary N) is 1. The van der Waals surface area contributed by atoms with Gasteiger partial charge in [-0.1, -0.05) is 17.9 Å². The van der Waals surface area contributed by atoms with Gasteiger partial charge >= 0.3 is 0 Å². The van der Waals surface area contributed by atoms with E-state index in [4.69, 9.17) is 5.11 Å². The van der Waals surface area contributed by atoms with Crippen LogP contribution in [0.15, 0.2) is 18.2 Å². The molecule has 0 aliphatic carbocycles. The largest absolute Gasteiger partial charge is 0.384 e. The summed E-state index contributed by atoms with van der Waals surface area (Å²) >= 11 is 0. The Morgan fingerprint density at radius 3 is 3.10 bits per heavy atom. The molecule has 1 saturated heterocycles. The van der Waals surface area contributed by atoms with Gasteiger partial charge in [-0.2, -0.15) is 0 Å². The van der Waals surface area contributed by atoms with Crippen LogP contribution in [0.5, 0.6) is 0 Å². The van der Waals surface area contributed by atoms with Crippen molar-refractivity contribution in [3.8, 4) is 11.8 Å². The Morgan fingerprint density at radius 2 is 2.38 bits per heavy atom. The number of aliphatic hydroxyl groups is 1. The summed E-state index contributed by atoms with van der Waals surface area (Å²) in [6, 6.07) is 4.31. The Hall–Kier alpha value is -1.90. The molecule has 0 radical (unpaired) electrons. The highest BCUT2D eigenvalue weighted by Gasteiger charge is 2.30. The molecule has 4 nitrogen and oxygen atoms in total. The Balaban J connectivity index is 2.20. The molecule has 0 aromatic heterocycles. The number of likely N-dealkylation sites (tertiary alicyclic amines) is 1. The number of benzene rings is 1. The van der Waals surface area contributed by atoms with Crippen LogP contribution in [-0.4, -0.2) is 42.2 Å². The molecular formula is C16H19FN2O2. The van der Waals surface area contributed by atoms with Crippen molar-refractivity contribution in [2.75, 3.05) is 20.2 Å². The molecule has 1 atom stereocenters. The Bertz CT molecular complexity index is 577. The molecule has 0 bridgehead atoms. The first-order valence-electron chi connectivity index (χ1n) is 6.99. The zero-order chi connectivity index (χ0) is 15.2. The Kier molecular flexibility index (Phi) is 5.32. The molecule has 1 unspecified atom stereocenters. The molecule has 1 amide bonds. The third-order valence-corrected chi connectivity index (χ3v) is 3.66. The second-order valence-corrected chi connectivity index (χ2v) is 5.00. The van der Waals surface area contributed by atoms with E-state index >= 15 is 0 Å². The van der Waals surface area contributed by atoms with Crippen molar-refractivity contribution in [1.29, 1.82) is 0 Å². The number of carbonyl (C=O) groups excluding carboxylic acids is 1. The van der Waals surface area contributed by atoms with Crippen LogP contribution in [-0.2, 0) is 11.3 Å². The standard InChI is InChI=1S/C16H19FN2O2/c1-18-16(21)15-5-2-8-19(15)11-13-6-7-14(17)10-12(13)4-3-9-20/h6-7,10,15,20H,2,5,8-9,11H2,1H3,(H,18,21). The van der Waals surface area contributed by atoms with Crippen molar-refractivity contribution < 1.29 is 14.3 Å². The Labute approximate surface area is 124 Å². The molecule has 112 valence electrons. The van der Waals surface area contributed by atoms with E-state index in [1.807, 2.05) is 0 Å². The number of aliphatic hydroxyl groups excluding tert-OH is 1. The number of halogens is 1. The van der Waals surface area contributed by atoms with Crippen molar-refractivity contribution in [2.45, 2.75) is 25.4 Å². The molecule has 0 saturated carbocycles. The summed E-state index contributed by atoms with van der Waals surface area (Å²) in [5, 5.41) is 11.5. The lowest BCUT2D eigenvalue weighted by Crippen LogP contribution is -2.41. The smallest absolute Gasteiger partial charge is 0.237 e. The minimum atomic E-state index is -0.356. The molecule has 1 aliphatic heterocycles. The van der Waals surface area contributed by atoms with E-state index in [1.165, 1.54) is 12.1 Å². The van der Waals surface area contributed by atoms with E-state index in [0.29, 0.717) is 12.1 Å². The highest BCUT2D eigenvalue weighted by Crippen LogP contribution is 2.22. The highest BCUT2D eigenvalue weighted by atomic mass is 19.1. The van der Waals surface area contributed by atoms with Gasteiger partial charge in [0.25, 0.3) is 0 Å². The van der Waals surface area contributed by atoms with Gasteiger partial charge < -0.3 is 10.4 Å². The summed E-state index contributed by atoms with van der Waals surface area (Å²) in [5.41, 5.74) is 1.43. The number of amides is 1. The third-order valence-electron chi connectivity index (χ3n) is 3.66. The van der Waals surface area contributed by atoms with Crippen molar-refractivity contribution in [3.05, 3.63) is 35.1 Å². The van der Waals surface area contributed by atoms with Gasteiger partial charge in [-0.05, 0) is 37.1 Å². The lowest BCUT2D eigenvalue weighted by atomic mass is 10.1. The summed E-state index contributed by atoms with van der Waals surface area (Å²) in [5.74, 6) is 4.97. The van der Waals surface area contributed by atoms with Crippen molar-refractivity contribution in [2.24, 2.45) is 0 Å². The zero-order valence-electron chi connectivity index (χ0n) is 12.0. The van der Waals surface area contributed by atoms with E-state index in [-0.39, 0.29) is 24.4 Å². The molecule has 5 heteroatoms. The van der Waals surface area contributed by atoms with Gasteiger partial charge in [0.05, 0.1) is 6.04 Å². The maximum absolute atomic E-state index is 13.3. The molecular weight excluding hydrogens is 271 g/mol. The van der Waals surface area contributed by atoms with Crippen LogP contribution >= 0.6 is 0 Å². The summed E-state index contributed by atoms with van der Waals surface area (Å²) in [4.78, 5) is 13.9. The van der Waals surface area contributed by atoms with E-state index in [9.17, 15) is 9.18 Å². The van der Waals surface area contributed by atoms with E-state index in [2.05, 4.69) is 22.1 Å². The first kappa shape index (κ1) is 15.5. The average Bonchev–Trinajstić information content (AvgIpc) is 2.94. The third kappa shape index (κ3) is 3.81. The number of hydrogen-bond donors (Lipinski definition) is 2. The summed E-state index contributed by atoms with van der Waals surface area (Å²) in [7, 11) is 1.63. The van der Waals surface area contributed by atoms with Crippen molar-refractivity contribution in [3.63, 3.8) is 0 Å². The second kappa shape index (κ2) is 7.21. The van der Waals surface area contributed by atoms with Crippen LogP contribution < -0.4 is 5.32 Å². The number of nitrogens with zero attached hydrogens (tertiary/aromatic N) is 1. The molecule has 21 heavy (non-hydrogen) atoms. The molecule has 1 heterocycles. The van der Waals surface area contributed by atoms with Crippen molar-refractivity contribution >= 4 is 5.91 Å². The molecule has 2 rings (SSSR count). The highest BCUT2D eigenvalue weighted by molar-refractivity contribution is 5.81. The van der Waals surface area contributed by atoms with Crippen LogP contribution in [0.3, 0.4) is 0 Å². The molecule has 1 aliphatic rings. The first-order valence-corrected chi connectivity index (χ1v) is 6.99. The second-order valence-electron chi connectivity index (χ2n) is 5.00. The predicted molar refractivity (Wildman–Crippen MR) is 77.9 cm³/mol. The maximum atomic E-state index is 13.3. The van der Waals surface area contributed by atoms with Gasteiger partial charge in [0.15, 0.2) is 0 Å². The van der Waals surface area contributed by atoms with Crippen LogP contribution in [0.25, 0.3) is 0 Å². The van der Waals surface area contributed by atoms with E-state index < -0.39 is 0 Å². The van der Waals surface area contributed by atoms with Gasteiger partial charge in [-0.15, -0.1) is 0 Å². The number of likely N-dealkylation sites (N-methyl/N-ethyl adjacent to an activating group) is 1. The van der Waals surface area contributed by atoms with Crippen LogP contribution in [0.4, 0.5) is 4.39 Å². The summed E-state index contributed by atoms with van der Waals surface area (Å²) in [6.45, 7) is 1.12. The molecule has 2 N–H and O–H groups in total. The molecule has 1 fully saturated rings. The van der Waals surface area contributed by atoms with Crippen molar-refractivity contribution in [1.82, 2.24) is 10.2 Å². The number of carbonyl (C=O) groups is 1. The fraction of sp³-hybridized carbons (Fsp3) is 0.438. The monoisotopic (exact) mass is 290 g/mol. The lowest BCUT2D eigenvalue weighted by Gasteiger charge is -2.23. The SMILES string of the molecule is CNC(=O)C1CCCN1Cc1ccc(F)cc1C#CCO. The minimum Gasteiger partial charge on any atom is -0.384 e. The summed E-state index contributed by atoms with van der Waals surface area (Å²) < 4.78 is 13.3. The molecule has 1 aromatic carbocycles. The molecule has 1 aromatic rings. The van der Waals surface area contributed by atoms with Gasteiger partial charge in [-0.3, -0.25) is 9.69 Å². The van der Waals surface area contributed by atoms with Gasteiger partial charge in [0.2, 0.25) is 5.91 Å². The molecule has 0 spiro atoms. The maximum Gasteiger partial charge on any atom is 0.237 e. The van der Waals surface area contributed by atoms with Gasteiger partial charge in [0.1, 0.15) is 12.4 Å². The van der Waals surface area contributed by atoms with E-state index in [0.717, 1.165) is 24.9 Å². The van der Waals surface area contributed by atoms with E-state index in [1.54, 1.807) is 13.1 Å². The lowest BCUT2D eigenvalue weighted by molar-refractivity contribution is -0.125. The van der Waals surface area contributed by atoms with Gasteiger partial charge in [0, 0.05) is 19.2 Å². The zero-order valence-corrected chi connectivity index (χ0v) is 12.0. The van der Waals surface area contributed by atoms with Crippen LogP contribution in [0.1, 0.15) is 24.0 Å². The predicted octanol–water partition coefficient (Wildman–Crippen LogP) is 0.880. The number of rotatable bonds is 3. The Morgan fingerprint density at radius 1 is 1.57 bits per heavy atom. The fourth-order valence-electron chi connectivity index (χ4n) is 2.64. The topological polar surface area (TPSA) is 52.6 Å². The van der Waals surface area contributed by atoms with Crippen LogP contribution in [0, 0.1) is 17.7 Å².